The van der Waals surface area contributed by atoms with Crippen molar-refractivity contribution in [2.45, 2.75) is 139 Å². The number of nitrogens with one attached hydrogen (secondary N) is 2. The summed E-state index contributed by atoms with van der Waals surface area (Å²) >= 11 is 0. The third kappa shape index (κ3) is 30.5. The van der Waals surface area contributed by atoms with Crippen LogP contribution in [-0.4, -0.2) is 109 Å². The first-order valence-electron chi connectivity index (χ1n) is 24.3. The van der Waals surface area contributed by atoms with Gasteiger partial charge in [0.1, 0.15) is 17.7 Å². The Labute approximate surface area is 423 Å². The lowest BCUT2D eigenvalue weighted by atomic mass is 9.91. The second-order valence-corrected chi connectivity index (χ2v) is 22.4. The van der Waals surface area contributed by atoms with Crippen LogP contribution in [0.4, 0.5) is 8.78 Å². The van der Waals surface area contributed by atoms with Crippen molar-refractivity contribution in [2.75, 3.05) is 52.9 Å². The number of amides is 2. The van der Waals surface area contributed by atoms with Gasteiger partial charge in [0, 0.05) is 41.6 Å². The van der Waals surface area contributed by atoms with Crippen LogP contribution in [0.3, 0.4) is 0 Å². The summed E-state index contributed by atoms with van der Waals surface area (Å²) in [6.07, 6.45) is 4.37. The zero-order valence-corrected chi connectivity index (χ0v) is 45.4. The molecule has 14 nitrogen and oxygen atoms in total. The van der Waals surface area contributed by atoms with Crippen molar-refractivity contribution in [1.29, 1.82) is 0 Å². The van der Waals surface area contributed by atoms with Gasteiger partial charge in [0.05, 0.1) is 45.3 Å². The molecular weight excluding hydrogens is 931 g/mol. The van der Waals surface area contributed by atoms with Crippen LogP contribution >= 0.6 is 0 Å². The summed E-state index contributed by atoms with van der Waals surface area (Å²) in [5.74, 6) is -0.793. The van der Waals surface area contributed by atoms with E-state index in [1.165, 1.54) is 24.3 Å². The topological polar surface area (TPSA) is 188 Å². The molecule has 71 heavy (non-hydrogen) atoms. The van der Waals surface area contributed by atoms with Crippen LogP contribution in [0, 0.1) is 23.6 Å². The molecule has 4 aromatic rings. The Morgan fingerprint density at radius 3 is 1.72 bits per heavy atom. The van der Waals surface area contributed by atoms with Crippen LogP contribution in [0.2, 0.25) is 0 Å². The van der Waals surface area contributed by atoms with Gasteiger partial charge in [-0.15, -0.1) is 5.10 Å². The Kier molecular flexibility index (Phi) is 29.1. The Balaban J connectivity index is 0.000000489. The Hall–Kier alpha value is -4.94. The fraction of sp³-hybridized carbons (Fsp3) is 0.574. The number of nitrogens with zero attached hydrogens (tertiary/aromatic N) is 3. The van der Waals surface area contributed by atoms with Gasteiger partial charge in [0.15, 0.2) is 5.78 Å². The van der Waals surface area contributed by atoms with Crippen molar-refractivity contribution in [1.82, 2.24) is 25.6 Å². The van der Waals surface area contributed by atoms with Crippen LogP contribution in [0.15, 0.2) is 79.0 Å². The molecule has 0 aliphatic heterocycles. The predicted molar refractivity (Wildman–Crippen MR) is 278 cm³/mol. The summed E-state index contributed by atoms with van der Waals surface area (Å²) in [6.45, 7) is 30.4. The molecule has 0 saturated heterocycles. The Morgan fingerprint density at radius 2 is 1.24 bits per heavy atom. The highest BCUT2D eigenvalue weighted by molar-refractivity contribution is 7.87. The molecule has 1 aromatic heterocycles. The van der Waals surface area contributed by atoms with Gasteiger partial charge in [-0.1, -0.05) is 116 Å². The van der Waals surface area contributed by atoms with Crippen molar-refractivity contribution >= 4 is 27.7 Å². The average molecular weight is 1010 g/mol. The molecule has 17 heteroatoms. The van der Waals surface area contributed by atoms with Gasteiger partial charge in [0.25, 0.3) is 21.9 Å². The number of aromatic nitrogens is 3. The number of ketones is 1. The van der Waals surface area contributed by atoms with Crippen molar-refractivity contribution in [3.8, 4) is 0 Å². The van der Waals surface area contributed by atoms with Gasteiger partial charge in [-0.3, -0.25) is 18.9 Å². The molecular formula is C54H83F2N5O9S. The van der Waals surface area contributed by atoms with E-state index in [-0.39, 0.29) is 35.0 Å². The van der Waals surface area contributed by atoms with Crippen molar-refractivity contribution < 1.29 is 50.3 Å². The highest BCUT2D eigenvalue weighted by Crippen LogP contribution is 2.20. The van der Waals surface area contributed by atoms with Crippen molar-refractivity contribution in [3.05, 3.63) is 118 Å². The highest BCUT2D eigenvalue weighted by Gasteiger charge is 2.30. The maximum Gasteiger partial charge on any atom is 0.275 e. The van der Waals surface area contributed by atoms with Crippen molar-refractivity contribution in [2.24, 2.45) is 10.8 Å². The van der Waals surface area contributed by atoms with Gasteiger partial charge >= 0.3 is 0 Å². The van der Waals surface area contributed by atoms with Crippen molar-refractivity contribution in [3.63, 3.8) is 0 Å². The number of hydrogen-bond donors (Lipinski definition) is 3. The molecule has 1 atom stereocenters. The minimum absolute atomic E-state index is 0.0766. The first-order chi connectivity index (χ1) is 33.0. The SMILES string of the molecule is CC(C)(C)Cc1cn(CC[18F])nn1.CC(C)(C)NC(=O)c1ccc([18F])cc1.CCCC(C(=O)c1ccc(C(C)C)cc1)S(=O)(=O)O.Cc1ccc(C(=O)NCCOCCOCCOCCC(C)(C)C)cc1. The molecule has 0 spiro atoms. The van der Waals surface area contributed by atoms with Gasteiger partial charge < -0.3 is 24.8 Å². The Bertz CT molecular complexity index is 2230. The maximum atomic E-state index is 12.6. The van der Waals surface area contributed by atoms with Crippen LogP contribution in [-0.2, 0) is 37.3 Å². The lowest BCUT2D eigenvalue weighted by Gasteiger charge is -2.20. The molecule has 1 heterocycles. The van der Waals surface area contributed by atoms with Crippen LogP contribution in [0.25, 0.3) is 0 Å². The fourth-order valence-corrected chi connectivity index (χ4v) is 6.97. The molecule has 0 saturated carbocycles. The number of carbonyl (C=O) groups excluding carboxylic acids is 3. The molecule has 0 fully saturated rings. The van der Waals surface area contributed by atoms with E-state index in [0.717, 1.165) is 36.3 Å². The lowest BCUT2D eigenvalue weighted by molar-refractivity contribution is 0.0109. The summed E-state index contributed by atoms with van der Waals surface area (Å²) < 4.78 is 74.0. The molecule has 2 amide bonds. The lowest BCUT2D eigenvalue weighted by Crippen LogP contribution is -2.40. The van der Waals surface area contributed by atoms with E-state index < -0.39 is 27.8 Å². The first-order valence-corrected chi connectivity index (χ1v) is 25.8. The minimum atomic E-state index is -4.35. The van der Waals surface area contributed by atoms with Gasteiger partial charge in [-0.2, -0.15) is 8.42 Å². The summed E-state index contributed by atoms with van der Waals surface area (Å²) in [5, 5.41) is 12.0. The quantitative estimate of drug-likeness (QED) is 0.0386. The van der Waals surface area contributed by atoms with Crippen LogP contribution < -0.4 is 10.6 Å². The molecule has 3 N–H and O–H groups in total. The number of rotatable bonds is 22. The molecule has 1 unspecified atom stereocenters. The minimum Gasteiger partial charge on any atom is -0.379 e. The van der Waals surface area contributed by atoms with E-state index in [4.69, 9.17) is 18.8 Å². The smallest absolute Gasteiger partial charge is 0.275 e. The molecule has 398 valence electrons. The van der Waals surface area contributed by atoms with Crippen LogP contribution in [0.1, 0.15) is 156 Å². The largest absolute Gasteiger partial charge is 0.379 e. The number of aryl methyl sites for hydroxylation is 2. The standard InChI is InChI=1S/C20H33NO4.C14H20O4S.C11H14FNO.C9H16FN3/c1-17-5-7-18(8-6-17)19(22)21-10-12-24-14-16-25-15-13-23-11-9-20(2,3)4;1-4-5-13(19(16,17)18)14(15)12-8-6-11(7-9-12)10(2)3;1-11(2,3)13-10(14)8-4-6-9(12)7-5-8;1-9(2,3)6-8-7-13(5-4-10)12-11-8/h5-8H,9-16H2,1-4H3,(H,21,22);6-10,13H,4-5H2,1-3H3,(H,16,17,18);4-7H,1-3H3,(H,13,14);7H,4-6H2,1-3H3/i;;12-1;10-1. The zero-order chi connectivity index (χ0) is 53.8. The fourth-order valence-electron chi connectivity index (χ4n) is 6.03. The molecule has 0 bridgehead atoms. The average Bonchev–Trinajstić information content (AvgIpc) is 3.70. The Morgan fingerprint density at radius 1 is 0.732 bits per heavy atom. The van der Waals surface area contributed by atoms with E-state index in [1.54, 1.807) is 23.7 Å². The molecule has 0 aliphatic carbocycles. The number of alkyl halides is 1. The van der Waals surface area contributed by atoms with Crippen LogP contribution in [0.5, 0.6) is 0 Å². The normalized spacial score (nSPS) is 12.1. The maximum absolute atomic E-state index is 12.6. The second-order valence-electron chi connectivity index (χ2n) is 20.8. The third-order valence-electron chi connectivity index (χ3n) is 9.86. The molecule has 3 aromatic carbocycles. The van der Waals surface area contributed by atoms with E-state index in [2.05, 4.69) is 62.5 Å². The van der Waals surface area contributed by atoms with Gasteiger partial charge in [-0.05, 0) is 106 Å². The number of ether oxygens (including phenoxy) is 3. The second kappa shape index (κ2) is 32.2. The summed E-state index contributed by atoms with van der Waals surface area (Å²) in [7, 11) is -4.35. The van der Waals surface area contributed by atoms with E-state index >= 15 is 0 Å². The number of benzene rings is 3. The van der Waals surface area contributed by atoms with E-state index in [9.17, 15) is 31.6 Å². The van der Waals surface area contributed by atoms with Gasteiger partial charge in [0.2, 0.25) is 0 Å². The molecule has 4 rings (SSSR count). The number of carbonyl (C=O) groups is 3. The van der Waals surface area contributed by atoms with E-state index in [0.29, 0.717) is 80.6 Å². The van der Waals surface area contributed by atoms with Gasteiger partial charge in [-0.25, -0.2) is 13.5 Å². The first kappa shape index (κ1) is 64.1. The molecule has 0 radical (unpaired) electrons. The highest BCUT2D eigenvalue weighted by atomic mass is 32.2. The summed E-state index contributed by atoms with van der Waals surface area (Å²) in [6, 6.07) is 19.8. The number of hydrogen-bond acceptors (Lipinski definition) is 10. The third-order valence-corrected chi connectivity index (χ3v) is 11.0. The monoisotopic (exact) mass is 1010 g/mol. The predicted octanol–water partition coefficient (Wildman–Crippen LogP) is 10.5. The number of Topliss-reactive ketones (excluding diaryl/α,β-unsaturated/α-hetero) is 1. The molecule has 0 aliphatic rings. The summed E-state index contributed by atoms with van der Waals surface area (Å²) in [4.78, 5) is 35.5. The number of halogens is 2. The summed E-state index contributed by atoms with van der Waals surface area (Å²) in [5.41, 5.74) is 4.85. The zero-order valence-electron chi connectivity index (χ0n) is 44.6. The van der Waals surface area contributed by atoms with E-state index in [1.807, 2.05) is 84.1 Å².